The van der Waals surface area contributed by atoms with Gasteiger partial charge in [-0.05, 0) is 33.6 Å². The highest BCUT2D eigenvalue weighted by molar-refractivity contribution is 9.10. The number of rotatable bonds is 4. The highest BCUT2D eigenvalue weighted by Gasteiger charge is 2.14. The van der Waals surface area contributed by atoms with Crippen LogP contribution in [0, 0.1) is 10.1 Å². The second-order valence-corrected chi connectivity index (χ2v) is 5.70. The first-order valence-corrected chi connectivity index (χ1v) is 7.26. The molecule has 0 fully saturated rings. The minimum Gasteiger partial charge on any atom is -0.393 e. The molecule has 2 aromatic rings. The van der Waals surface area contributed by atoms with Crippen LogP contribution < -0.4 is 5.73 Å². The molecular formula is C13H11BrN2O2S. The largest absolute Gasteiger partial charge is 0.393 e. The number of halogens is 1. The van der Waals surface area contributed by atoms with E-state index in [2.05, 4.69) is 15.9 Å². The summed E-state index contributed by atoms with van der Waals surface area (Å²) in [6.45, 7) is 0. The van der Waals surface area contributed by atoms with Gasteiger partial charge >= 0.3 is 0 Å². The monoisotopic (exact) mass is 338 g/mol. The molecule has 19 heavy (non-hydrogen) atoms. The quantitative estimate of drug-likeness (QED) is 0.392. The summed E-state index contributed by atoms with van der Waals surface area (Å²) in [4.78, 5) is 11.4. The molecule has 0 aliphatic rings. The molecule has 2 aromatic carbocycles. The predicted molar refractivity (Wildman–Crippen MR) is 81.2 cm³/mol. The van der Waals surface area contributed by atoms with Gasteiger partial charge in [0, 0.05) is 21.2 Å². The van der Waals surface area contributed by atoms with E-state index >= 15 is 0 Å². The fourth-order valence-electron chi connectivity index (χ4n) is 1.60. The molecule has 0 unspecified atom stereocenters. The van der Waals surface area contributed by atoms with Crippen LogP contribution in [0.25, 0.3) is 0 Å². The lowest BCUT2D eigenvalue weighted by molar-refractivity contribution is -0.383. The van der Waals surface area contributed by atoms with Crippen molar-refractivity contribution in [3.63, 3.8) is 0 Å². The maximum atomic E-state index is 10.8. The van der Waals surface area contributed by atoms with Crippen LogP contribution in [0.3, 0.4) is 0 Å². The van der Waals surface area contributed by atoms with Gasteiger partial charge in [0.1, 0.15) is 5.69 Å². The van der Waals surface area contributed by atoms with E-state index in [1.54, 1.807) is 17.8 Å². The lowest BCUT2D eigenvalue weighted by atomic mass is 10.2. The first kappa shape index (κ1) is 13.9. The zero-order chi connectivity index (χ0) is 13.8. The molecule has 0 aliphatic heterocycles. The molecule has 2 rings (SSSR count). The summed E-state index contributed by atoms with van der Waals surface area (Å²) in [5.41, 5.74) is 6.80. The van der Waals surface area contributed by atoms with Gasteiger partial charge in [-0.1, -0.05) is 24.3 Å². The van der Waals surface area contributed by atoms with Crippen LogP contribution in [-0.2, 0) is 5.75 Å². The van der Waals surface area contributed by atoms with Crippen molar-refractivity contribution in [2.75, 3.05) is 5.73 Å². The Kier molecular flexibility index (Phi) is 4.44. The summed E-state index contributed by atoms with van der Waals surface area (Å²) in [5.74, 6) is 0.593. The van der Waals surface area contributed by atoms with Crippen LogP contribution in [0.5, 0.6) is 0 Å². The number of nitro groups is 1. The highest BCUT2D eigenvalue weighted by atomic mass is 79.9. The highest BCUT2D eigenvalue weighted by Crippen LogP contribution is 2.33. The SMILES string of the molecule is Nc1c(CSc2ccccc2Br)cccc1[N+](=O)[O-]. The molecular weight excluding hydrogens is 328 g/mol. The van der Waals surface area contributed by atoms with E-state index in [1.807, 2.05) is 30.3 Å². The lowest BCUT2D eigenvalue weighted by Crippen LogP contribution is -1.99. The van der Waals surface area contributed by atoms with Crippen LogP contribution in [0.15, 0.2) is 51.8 Å². The van der Waals surface area contributed by atoms with Crippen molar-refractivity contribution in [1.29, 1.82) is 0 Å². The lowest BCUT2D eigenvalue weighted by Gasteiger charge is -2.07. The average molecular weight is 339 g/mol. The fourth-order valence-corrected chi connectivity index (χ4v) is 3.17. The minimum atomic E-state index is -0.456. The molecule has 0 atom stereocenters. The van der Waals surface area contributed by atoms with Gasteiger partial charge in [0.05, 0.1) is 4.92 Å². The zero-order valence-corrected chi connectivity index (χ0v) is 12.3. The van der Waals surface area contributed by atoms with Gasteiger partial charge in [0.2, 0.25) is 0 Å². The average Bonchev–Trinajstić information content (AvgIpc) is 2.39. The van der Waals surface area contributed by atoms with E-state index in [1.165, 1.54) is 6.07 Å². The Bertz CT molecular complexity index is 619. The molecule has 0 bridgehead atoms. The molecule has 0 aliphatic carbocycles. The predicted octanol–water partition coefficient (Wildman–Crippen LogP) is 4.23. The third-order valence-corrected chi connectivity index (χ3v) is 4.67. The maximum absolute atomic E-state index is 10.8. The number of para-hydroxylation sites is 1. The van der Waals surface area contributed by atoms with Crippen LogP contribution in [0.1, 0.15) is 5.56 Å². The second-order valence-electron chi connectivity index (χ2n) is 3.83. The normalized spacial score (nSPS) is 10.4. The first-order valence-electron chi connectivity index (χ1n) is 5.48. The number of nitrogens with two attached hydrogens (primary N) is 1. The number of nitro benzene ring substituents is 1. The Balaban J connectivity index is 2.19. The number of nitrogen functional groups attached to an aromatic ring is 1. The third kappa shape index (κ3) is 3.27. The van der Waals surface area contributed by atoms with Crippen molar-refractivity contribution >= 4 is 39.1 Å². The Morgan fingerprint density at radius 2 is 1.95 bits per heavy atom. The van der Waals surface area contributed by atoms with E-state index < -0.39 is 4.92 Å². The number of anilines is 1. The fraction of sp³-hybridized carbons (Fsp3) is 0.0769. The van der Waals surface area contributed by atoms with Crippen molar-refractivity contribution < 1.29 is 4.92 Å². The topological polar surface area (TPSA) is 69.2 Å². The van der Waals surface area contributed by atoms with Gasteiger partial charge in [-0.3, -0.25) is 10.1 Å². The van der Waals surface area contributed by atoms with E-state index in [9.17, 15) is 10.1 Å². The maximum Gasteiger partial charge on any atom is 0.292 e. The van der Waals surface area contributed by atoms with E-state index in [0.29, 0.717) is 5.75 Å². The Morgan fingerprint density at radius 3 is 2.63 bits per heavy atom. The number of hydrogen-bond donors (Lipinski definition) is 1. The summed E-state index contributed by atoms with van der Waals surface area (Å²) in [6, 6.07) is 12.7. The molecule has 0 radical (unpaired) electrons. The molecule has 0 saturated heterocycles. The number of hydrogen-bond acceptors (Lipinski definition) is 4. The van der Waals surface area contributed by atoms with Gasteiger partial charge in [-0.15, -0.1) is 11.8 Å². The standard InChI is InChI=1S/C13H11BrN2O2S/c14-10-5-1-2-7-12(10)19-8-9-4-3-6-11(13(9)15)16(17)18/h1-7H,8,15H2. The van der Waals surface area contributed by atoms with Gasteiger partial charge in [-0.25, -0.2) is 0 Å². The van der Waals surface area contributed by atoms with Crippen LogP contribution in [0.2, 0.25) is 0 Å². The van der Waals surface area contributed by atoms with Gasteiger partial charge < -0.3 is 5.73 Å². The number of benzene rings is 2. The molecule has 0 saturated carbocycles. The van der Waals surface area contributed by atoms with Crippen molar-refractivity contribution in [2.24, 2.45) is 0 Å². The van der Waals surface area contributed by atoms with Crippen molar-refractivity contribution in [3.8, 4) is 0 Å². The molecule has 0 aromatic heterocycles. The third-order valence-electron chi connectivity index (χ3n) is 2.59. The number of thioether (sulfide) groups is 1. The first-order chi connectivity index (χ1) is 9.09. The van der Waals surface area contributed by atoms with Gasteiger partial charge in [0.15, 0.2) is 0 Å². The van der Waals surface area contributed by atoms with E-state index in [0.717, 1.165) is 14.9 Å². The molecule has 98 valence electrons. The molecule has 0 spiro atoms. The van der Waals surface area contributed by atoms with E-state index in [-0.39, 0.29) is 11.4 Å². The van der Waals surface area contributed by atoms with Crippen molar-refractivity contribution in [1.82, 2.24) is 0 Å². The van der Waals surface area contributed by atoms with Crippen LogP contribution in [0.4, 0.5) is 11.4 Å². The summed E-state index contributed by atoms with van der Waals surface area (Å²) in [5, 5.41) is 10.8. The molecule has 0 amide bonds. The van der Waals surface area contributed by atoms with Crippen molar-refractivity contribution in [2.45, 2.75) is 10.6 Å². The van der Waals surface area contributed by atoms with Crippen LogP contribution in [-0.4, -0.2) is 4.92 Å². The summed E-state index contributed by atoms with van der Waals surface area (Å²) in [6.07, 6.45) is 0. The second kappa shape index (κ2) is 6.08. The van der Waals surface area contributed by atoms with Gasteiger partial charge in [-0.2, -0.15) is 0 Å². The zero-order valence-electron chi connectivity index (χ0n) is 9.88. The van der Waals surface area contributed by atoms with E-state index in [4.69, 9.17) is 5.73 Å². The number of nitrogens with zero attached hydrogens (tertiary/aromatic N) is 1. The van der Waals surface area contributed by atoms with Crippen molar-refractivity contribution in [3.05, 3.63) is 62.6 Å². The minimum absolute atomic E-state index is 0.0368. The molecule has 4 nitrogen and oxygen atoms in total. The van der Waals surface area contributed by atoms with Gasteiger partial charge in [0.25, 0.3) is 5.69 Å². The smallest absolute Gasteiger partial charge is 0.292 e. The Labute approximate surface area is 123 Å². The summed E-state index contributed by atoms with van der Waals surface area (Å²) >= 11 is 5.05. The molecule has 2 N–H and O–H groups in total. The van der Waals surface area contributed by atoms with Crippen LogP contribution >= 0.6 is 27.7 Å². The Morgan fingerprint density at radius 1 is 1.21 bits per heavy atom. The summed E-state index contributed by atoms with van der Waals surface area (Å²) < 4.78 is 1.00. The molecule has 6 heteroatoms. The summed E-state index contributed by atoms with van der Waals surface area (Å²) in [7, 11) is 0. The Hall–Kier alpha value is -1.53. The molecule has 0 heterocycles.